The lowest BCUT2D eigenvalue weighted by Crippen LogP contribution is -2.26. The summed E-state index contributed by atoms with van der Waals surface area (Å²) in [6.45, 7) is 4.68. The molecular formula is C21H24N4O2. The number of fused-ring (bicyclic) bond motifs is 1. The van der Waals surface area contributed by atoms with Crippen molar-refractivity contribution in [2.45, 2.75) is 26.7 Å². The van der Waals surface area contributed by atoms with Crippen LogP contribution >= 0.6 is 0 Å². The van der Waals surface area contributed by atoms with Gasteiger partial charge in [0.15, 0.2) is 5.69 Å². The molecule has 3 rings (SSSR count). The third-order valence-electron chi connectivity index (χ3n) is 4.51. The van der Waals surface area contributed by atoms with Gasteiger partial charge in [-0.15, -0.1) is 10.2 Å². The lowest BCUT2D eigenvalue weighted by Gasteiger charge is -2.13. The van der Waals surface area contributed by atoms with Gasteiger partial charge < -0.3 is 15.8 Å². The third-order valence-corrected chi connectivity index (χ3v) is 4.51. The molecule has 0 aliphatic heterocycles. The van der Waals surface area contributed by atoms with Gasteiger partial charge >= 0.3 is 0 Å². The summed E-state index contributed by atoms with van der Waals surface area (Å²) in [7, 11) is 1.64. The topological polar surface area (TPSA) is 90.1 Å². The van der Waals surface area contributed by atoms with E-state index < -0.39 is 0 Å². The maximum Gasteiger partial charge on any atom is 0.273 e. The zero-order valence-corrected chi connectivity index (χ0v) is 15.9. The van der Waals surface area contributed by atoms with Crippen LogP contribution in [-0.2, 0) is 0 Å². The molecule has 2 aromatic carbocycles. The molecular weight excluding hydrogens is 340 g/mol. The van der Waals surface area contributed by atoms with Gasteiger partial charge in [-0.25, -0.2) is 0 Å². The van der Waals surface area contributed by atoms with Gasteiger partial charge in [-0.3, -0.25) is 4.79 Å². The van der Waals surface area contributed by atoms with Crippen LogP contribution in [0.4, 0.5) is 5.69 Å². The van der Waals surface area contributed by atoms with Crippen LogP contribution in [0.2, 0.25) is 0 Å². The number of unbranched alkanes of at least 4 members (excludes halogenated alkanes) is 1. The zero-order chi connectivity index (χ0) is 19.4. The van der Waals surface area contributed by atoms with E-state index in [2.05, 4.69) is 22.4 Å². The van der Waals surface area contributed by atoms with Crippen molar-refractivity contribution in [3.63, 3.8) is 0 Å². The van der Waals surface area contributed by atoms with E-state index in [1.54, 1.807) is 7.11 Å². The number of amides is 1. The van der Waals surface area contributed by atoms with Gasteiger partial charge in [-0.1, -0.05) is 43.2 Å². The third kappa shape index (κ3) is 3.69. The van der Waals surface area contributed by atoms with Crippen molar-refractivity contribution in [1.29, 1.82) is 0 Å². The van der Waals surface area contributed by atoms with Crippen LogP contribution in [0.15, 0.2) is 36.4 Å². The number of hydrogen-bond acceptors (Lipinski definition) is 5. The van der Waals surface area contributed by atoms with Gasteiger partial charge in [-0.2, -0.15) is 0 Å². The van der Waals surface area contributed by atoms with Gasteiger partial charge in [0.05, 0.1) is 12.8 Å². The fourth-order valence-corrected chi connectivity index (χ4v) is 3.03. The molecule has 6 nitrogen and oxygen atoms in total. The minimum atomic E-state index is -0.297. The Hall–Kier alpha value is -3.15. The number of rotatable bonds is 6. The molecule has 0 radical (unpaired) electrons. The number of nitrogens with one attached hydrogen (secondary N) is 1. The predicted octanol–water partition coefficient (Wildman–Crippen LogP) is 3.73. The number of ether oxygens (including phenoxy) is 1. The Kier molecular flexibility index (Phi) is 5.54. The second-order valence-electron chi connectivity index (χ2n) is 6.48. The standard InChI is InChI=1S/C21H24N4O2/c1-4-5-11-23-21(26)20-18(22)15-8-6-7-14(19(15)24-25-20)16-12-13(2)9-10-17(16)27-3/h6-10,12H,4-5,11H2,1-3H3,(H2,22,24)(H,23,26). The molecule has 0 spiro atoms. The van der Waals surface area contributed by atoms with Crippen LogP contribution in [0.3, 0.4) is 0 Å². The monoisotopic (exact) mass is 364 g/mol. The molecule has 0 aliphatic rings. The number of aryl methyl sites for hydroxylation is 1. The lowest BCUT2D eigenvalue weighted by molar-refractivity contribution is 0.0948. The van der Waals surface area contributed by atoms with Crippen molar-refractivity contribution in [2.24, 2.45) is 0 Å². The number of hydrogen-bond donors (Lipinski definition) is 2. The van der Waals surface area contributed by atoms with E-state index in [0.717, 1.165) is 35.3 Å². The summed E-state index contributed by atoms with van der Waals surface area (Å²) in [5.74, 6) is 0.448. The molecule has 0 saturated carbocycles. The molecule has 3 N–H and O–H groups in total. The largest absolute Gasteiger partial charge is 0.496 e. The number of carbonyl (C=O) groups excluding carboxylic acids is 1. The van der Waals surface area contributed by atoms with E-state index in [-0.39, 0.29) is 11.6 Å². The van der Waals surface area contributed by atoms with Gasteiger partial charge in [-0.05, 0) is 25.5 Å². The predicted molar refractivity (Wildman–Crippen MR) is 108 cm³/mol. The molecule has 0 fully saturated rings. The first-order valence-corrected chi connectivity index (χ1v) is 9.05. The highest BCUT2D eigenvalue weighted by Crippen LogP contribution is 2.36. The van der Waals surface area contributed by atoms with Gasteiger partial charge in [0.1, 0.15) is 11.3 Å². The highest BCUT2D eigenvalue weighted by Gasteiger charge is 2.18. The lowest BCUT2D eigenvalue weighted by atomic mass is 9.99. The fraction of sp³-hybridized carbons (Fsp3) is 0.286. The molecule has 0 unspecified atom stereocenters. The van der Waals surface area contributed by atoms with E-state index in [1.807, 2.05) is 43.3 Å². The molecule has 0 atom stereocenters. The molecule has 6 heteroatoms. The number of carbonyl (C=O) groups is 1. The van der Waals surface area contributed by atoms with E-state index >= 15 is 0 Å². The van der Waals surface area contributed by atoms with E-state index in [1.165, 1.54) is 0 Å². The number of nitrogen functional groups attached to an aromatic ring is 1. The van der Waals surface area contributed by atoms with Gasteiger partial charge in [0, 0.05) is 23.1 Å². The van der Waals surface area contributed by atoms with Crippen LogP contribution in [0, 0.1) is 6.92 Å². The summed E-state index contributed by atoms with van der Waals surface area (Å²) in [4.78, 5) is 12.4. The summed E-state index contributed by atoms with van der Waals surface area (Å²) in [6.07, 6.45) is 1.91. The van der Waals surface area contributed by atoms with Crippen LogP contribution in [0.1, 0.15) is 35.8 Å². The smallest absolute Gasteiger partial charge is 0.273 e. The van der Waals surface area contributed by atoms with Crippen molar-refractivity contribution in [3.8, 4) is 16.9 Å². The minimum Gasteiger partial charge on any atom is -0.496 e. The molecule has 0 bridgehead atoms. The Balaban J connectivity index is 2.10. The molecule has 1 aromatic heterocycles. The second-order valence-corrected chi connectivity index (χ2v) is 6.48. The number of nitrogens with two attached hydrogens (primary N) is 1. The van der Waals surface area contributed by atoms with E-state index in [4.69, 9.17) is 10.5 Å². The fourth-order valence-electron chi connectivity index (χ4n) is 3.03. The quantitative estimate of drug-likeness (QED) is 0.651. The molecule has 3 aromatic rings. The number of benzene rings is 2. The Morgan fingerprint density at radius 1 is 1.19 bits per heavy atom. The van der Waals surface area contributed by atoms with Gasteiger partial charge in [0.25, 0.3) is 5.91 Å². The molecule has 140 valence electrons. The van der Waals surface area contributed by atoms with E-state index in [0.29, 0.717) is 23.1 Å². The molecule has 0 aliphatic carbocycles. The first-order chi connectivity index (χ1) is 13.1. The van der Waals surface area contributed by atoms with Crippen LogP contribution in [0.5, 0.6) is 5.75 Å². The Labute approximate surface area is 158 Å². The SMILES string of the molecule is CCCCNC(=O)c1nnc2c(-c3cc(C)ccc3OC)cccc2c1N. The first-order valence-electron chi connectivity index (χ1n) is 9.05. The van der Waals surface area contributed by atoms with Gasteiger partial charge in [0.2, 0.25) is 0 Å². The van der Waals surface area contributed by atoms with Crippen LogP contribution in [0.25, 0.3) is 22.0 Å². The minimum absolute atomic E-state index is 0.159. The van der Waals surface area contributed by atoms with Crippen LogP contribution in [-0.4, -0.2) is 29.8 Å². The summed E-state index contributed by atoms with van der Waals surface area (Å²) in [5.41, 5.74) is 10.3. The molecule has 27 heavy (non-hydrogen) atoms. The first kappa shape index (κ1) is 18.6. The van der Waals surface area contributed by atoms with Crippen molar-refractivity contribution in [1.82, 2.24) is 15.5 Å². The maximum absolute atomic E-state index is 12.4. The van der Waals surface area contributed by atoms with Crippen LogP contribution < -0.4 is 15.8 Å². The molecule has 1 heterocycles. The number of anilines is 1. The average Bonchev–Trinajstić information content (AvgIpc) is 2.68. The Morgan fingerprint density at radius 2 is 2.00 bits per heavy atom. The summed E-state index contributed by atoms with van der Waals surface area (Å²) in [5, 5.41) is 12.0. The van der Waals surface area contributed by atoms with Crippen molar-refractivity contribution in [2.75, 3.05) is 19.4 Å². The normalized spacial score (nSPS) is 10.8. The number of nitrogens with zero attached hydrogens (tertiary/aromatic N) is 2. The second kappa shape index (κ2) is 8.03. The number of aromatic nitrogens is 2. The van der Waals surface area contributed by atoms with Crippen molar-refractivity contribution < 1.29 is 9.53 Å². The highest BCUT2D eigenvalue weighted by atomic mass is 16.5. The Bertz CT molecular complexity index is 985. The maximum atomic E-state index is 12.4. The average molecular weight is 364 g/mol. The Morgan fingerprint density at radius 3 is 2.74 bits per heavy atom. The summed E-state index contributed by atoms with van der Waals surface area (Å²) in [6, 6.07) is 11.7. The molecule has 1 amide bonds. The van der Waals surface area contributed by atoms with E-state index in [9.17, 15) is 4.79 Å². The number of methoxy groups -OCH3 is 1. The summed E-state index contributed by atoms with van der Waals surface area (Å²) < 4.78 is 5.51. The highest BCUT2D eigenvalue weighted by molar-refractivity contribution is 6.07. The van der Waals surface area contributed by atoms with Crippen molar-refractivity contribution in [3.05, 3.63) is 47.7 Å². The molecule has 0 saturated heterocycles. The zero-order valence-electron chi connectivity index (χ0n) is 15.9. The van der Waals surface area contributed by atoms with Crippen molar-refractivity contribution >= 4 is 22.5 Å². The summed E-state index contributed by atoms with van der Waals surface area (Å²) >= 11 is 0.